The first-order valence-corrected chi connectivity index (χ1v) is 7.51. The number of rotatable bonds is 6. The van der Waals surface area contributed by atoms with Gasteiger partial charge in [0.1, 0.15) is 5.75 Å². The minimum Gasteiger partial charge on any atom is -0.435 e. The number of amides is 1. The van der Waals surface area contributed by atoms with Gasteiger partial charge in [0, 0.05) is 30.9 Å². The summed E-state index contributed by atoms with van der Waals surface area (Å²) in [4.78, 5) is 14.4. The van der Waals surface area contributed by atoms with Crippen molar-refractivity contribution >= 4 is 5.91 Å². The van der Waals surface area contributed by atoms with Gasteiger partial charge in [-0.3, -0.25) is 4.79 Å². The van der Waals surface area contributed by atoms with Crippen LogP contribution in [0.4, 0.5) is 8.78 Å². The molecule has 0 aromatic heterocycles. The Balaban J connectivity index is 1.95. The van der Waals surface area contributed by atoms with Gasteiger partial charge in [-0.1, -0.05) is 0 Å². The maximum atomic E-state index is 12.2. The van der Waals surface area contributed by atoms with Crippen molar-refractivity contribution in [3.63, 3.8) is 0 Å². The molecule has 0 unspecified atom stereocenters. The molecule has 0 bridgehead atoms. The number of hydrogen-bond donors (Lipinski definition) is 1. The van der Waals surface area contributed by atoms with E-state index in [0.717, 1.165) is 12.8 Å². The third-order valence-corrected chi connectivity index (χ3v) is 4.29. The molecule has 0 radical (unpaired) electrons. The molecular formula is C16H22F2N2O3. The number of nitrogens with zero attached hydrogens (tertiary/aromatic N) is 1. The van der Waals surface area contributed by atoms with Crippen LogP contribution in [-0.4, -0.2) is 56.8 Å². The van der Waals surface area contributed by atoms with Gasteiger partial charge in [-0.2, -0.15) is 8.78 Å². The van der Waals surface area contributed by atoms with Crippen LogP contribution in [0.5, 0.6) is 5.75 Å². The number of likely N-dealkylation sites (N-methyl/N-ethyl adjacent to an activating group) is 1. The predicted octanol–water partition coefficient (Wildman–Crippen LogP) is 2.13. The Morgan fingerprint density at radius 1 is 1.30 bits per heavy atom. The molecule has 1 aromatic carbocycles. The average Bonchev–Trinajstić information content (AvgIpc) is 2.53. The van der Waals surface area contributed by atoms with Crippen molar-refractivity contribution in [2.75, 3.05) is 33.9 Å². The second-order valence-corrected chi connectivity index (χ2v) is 5.82. The summed E-state index contributed by atoms with van der Waals surface area (Å²) in [7, 11) is 3.99. The first kappa shape index (κ1) is 17.6. The van der Waals surface area contributed by atoms with Crippen LogP contribution in [0.1, 0.15) is 23.2 Å². The standard InChI is InChI=1S/C16H22F2N2O3/c1-20(2)16(7-9-22-10-8-16)11-19-14(21)12-3-5-13(6-4-12)23-15(17)18/h3-6,15H,7-11H2,1-2H3,(H,19,21). The fraction of sp³-hybridized carbons (Fsp3) is 0.562. The van der Waals surface area contributed by atoms with Gasteiger partial charge in [-0.25, -0.2) is 0 Å². The molecule has 1 saturated heterocycles. The van der Waals surface area contributed by atoms with Crippen LogP contribution in [0.2, 0.25) is 0 Å². The molecule has 7 heteroatoms. The van der Waals surface area contributed by atoms with E-state index in [2.05, 4.69) is 15.0 Å². The van der Waals surface area contributed by atoms with Gasteiger partial charge >= 0.3 is 6.61 Å². The number of alkyl halides is 2. The van der Waals surface area contributed by atoms with Gasteiger partial charge in [0.2, 0.25) is 0 Å². The van der Waals surface area contributed by atoms with Gasteiger partial charge in [-0.15, -0.1) is 0 Å². The zero-order chi connectivity index (χ0) is 16.9. The second-order valence-electron chi connectivity index (χ2n) is 5.82. The van der Waals surface area contributed by atoms with E-state index >= 15 is 0 Å². The Morgan fingerprint density at radius 2 is 1.91 bits per heavy atom. The van der Waals surface area contributed by atoms with Crippen LogP contribution in [0.3, 0.4) is 0 Å². The molecule has 0 spiro atoms. The summed E-state index contributed by atoms with van der Waals surface area (Å²) in [6, 6.07) is 5.66. The van der Waals surface area contributed by atoms with Crippen molar-refractivity contribution in [3.8, 4) is 5.75 Å². The van der Waals surface area contributed by atoms with Crippen LogP contribution in [-0.2, 0) is 4.74 Å². The number of nitrogens with one attached hydrogen (secondary N) is 1. The number of ether oxygens (including phenoxy) is 2. The first-order chi connectivity index (χ1) is 10.9. The zero-order valence-corrected chi connectivity index (χ0v) is 13.4. The van der Waals surface area contributed by atoms with Crippen LogP contribution >= 0.6 is 0 Å². The van der Waals surface area contributed by atoms with Gasteiger partial charge in [-0.05, 0) is 51.2 Å². The van der Waals surface area contributed by atoms with Gasteiger partial charge in [0.05, 0.1) is 0 Å². The number of carbonyl (C=O) groups is 1. The normalized spacial score (nSPS) is 17.3. The molecule has 1 N–H and O–H groups in total. The summed E-state index contributed by atoms with van der Waals surface area (Å²) in [5.41, 5.74) is 0.291. The van der Waals surface area contributed by atoms with E-state index in [1.165, 1.54) is 24.3 Å². The highest BCUT2D eigenvalue weighted by Gasteiger charge is 2.35. The largest absolute Gasteiger partial charge is 0.435 e. The van der Waals surface area contributed by atoms with E-state index in [0.29, 0.717) is 25.3 Å². The molecular weight excluding hydrogens is 306 g/mol. The van der Waals surface area contributed by atoms with Crippen LogP contribution < -0.4 is 10.1 Å². The molecule has 1 aliphatic heterocycles. The van der Waals surface area contributed by atoms with Crippen molar-refractivity contribution in [2.45, 2.75) is 25.0 Å². The molecule has 0 aliphatic carbocycles. The fourth-order valence-electron chi connectivity index (χ4n) is 2.67. The highest BCUT2D eigenvalue weighted by molar-refractivity contribution is 5.94. The number of carbonyl (C=O) groups excluding carboxylic acids is 1. The minimum absolute atomic E-state index is 0.0331. The Kier molecular flexibility index (Phi) is 5.90. The molecule has 5 nitrogen and oxygen atoms in total. The lowest BCUT2D eigenvalue weighted by molar-refractivity contribution is -0.0498. The SMILES string of the molecule is CN(C)C1(CNC(=O)c2ccc(OC(F)F)cc2)CCOCC1. The van der Waals surface area contributed by atoms with E-state index in [1.807, 2.05) is 14.1 Å². The molecule has 1 aliphatic rings. The van der Waals surface area contributed by atoms with Gasteiger partial charge < -0.3 is 19.7 Å². The number of halogens is 2. The van der Waals surface area contributed by atoms with E-state index < -0.39 is 6.61 Å². The summed E-state index contributed by atoms with van der Waals surface area (Å²) >= 11 is 0. The van der Waals surface area contributed by atoms with Crippen molar-refractivity contribution < 1.29 is 23.0 Å². The second kappa shape index (κ2) is 7.70. The fourth-order valence-corrected chi connectivity index (χ4v) is 2.67. The Labute approximate surface area is 134 Å². The molecule has 1 aromatic rings. The smallest absolute Gasteiger partial charge is 0.387 e. The minimum atomic E-state index is -2.87. The third kappa shape index (κ3) is 4.62. The molecule has 1 amide bonds. The van der Waals surface area contributed by atoms with Gasteiger partial charge in [0.25, 0.3) is 5.91 Å². The predicted molar refractivity (Wildman–Crippen MR) is 81.9 cm³/mol. The van der Waals surface area contributed by atoms with Crippen molar-refractivity contribution in [3.05, 3.63) is 29.8 Å². The summed E-state index contributed by atoms with van der Waals surface area (Å²) in [5.74, 6) is -0.202. The lowest BCUT2D eigenvalue weighted by Gasteiger charge is -2.42. The zero-order valence-electron chi connectivity index (χ0n) is 13.4. The summed E-state index contributed by atoms with van der Waals surface area (Å²) in [5, 5.41) is 2.93. The lowest BCUT2D eigenvalue weighted by Crippen LogP contribution is -2.55. The third-order valence-electron chi connectivity index (χ3n) is 4.29. The molecule has 0 saturated carbocycles. The van der Waals surface area contributed by atoms with Crippen LogP contribution in [0, 0.1) is 0 Å². The van der Waals surface area contributed by atoms with E-state index in [1.54, 1.807) is 0 Å². The molecule has 128 valence electrons. The number of benzene rings is 1. The monoisotopic (exact) mass is 328 g/mol. The maximum absolute atomic E-state index is 12.2. The quantitative estimate of drug-likeness (QED) is 0.869. The lowest BCUT2D eigenvalue weighted by atomic mass is 9.88. The summed E-state index contributed by atoms with van der Waals surface area (Å²) in [6.45, 7) is -1.01. The molecule has 1 fully saturated rings. The van der Waals surface area contributed by atoms with Crippen LogP contribution in [0.25, 0.3) is 0 Å². The highest BCUT2D eigenvalue weighted by Crippen LogP contribution is 2.25. The molecule has 1 heterocycles. The number of hydrogen-bond acceptors (Lipinski definition) is 4. The first-order valence-electron chi connectivity index (χ1n) is 7.51. The van der Waals surface area contributed by atoms with E-state index in [9.17, 15) is 13.6 Å². The average molecular weight is 328 g/mol. The van der Waals surface area contributed by atoms with E-state index in [4.69, 9.17) is 4.74 Å². The summed E-state index contributed by atoms with van der Waals surface area (Å²) in [6.07, 6.45) is 1.70. The molecule has 2 rings (SSSR count). The highest BCUT2D eigenvalue weighted by atomic mass is 19.3. The van der Waals surface area contributed by atoms with Crippen LogP contribution in [0.15, 0.2) is 24.3 Å². The van der Waals surface area contributed by atoms with E-state index in [-0.39, 0.29) is 17.2 Å². The van der Waals surface area contributed by atoms with Crippen molar-refractivity contribution in [1.82, 2.24) is 10.2 Å². The van der Waals surface area contributed by atoms with Crippen molar-refractivity contribution in [2.24, 2.45) is 0 Å². The van der Waals surface area contributed by atoms with Crippen molar-refractivity contribution in [1.29, 1.82) is 0 Å². The Hall–Kier alpha value is -1.73. The van der Waals surface area contributed by atoms with Gasteiger partial charge in [0.15, 0.2) is 0 Å². The molecule has 23 heavy (non-hydrogen) atoms. The Morgan fingerprint density at radius 3 is 2.43 bits per heavy atom. The summed E-state index contributed by atoms with van der Waals surface area (Å²) < 4.78 is 33.9. The topological polar surface area (TPSA) is 50.8 Å². The molecule has 0 atom stereocenters. The maximum Gasteiger partial charge on any atom is 0.387 e. The Bertz CT molecular complexity index is 515.